The van der Waals surface area contributed by atoms with E-state index in [1.54, 1.807) is 0 Å². The monoisotopic (exact) mass is 396 g/mol. The van der Waals surface area contributed by atoms with Gasteiger partial charge in [-0.1, -0.05) is 66.7 Å². The van der Waals surface area contributed by atoms with Gasteiger partial charge in [-0.05, 0) is 29.7 Å². The van der Waals surface area contributed by atoms with Crippen LogP contribution in [0.1, 0.15) is 17.0 Å². The Morgan fingerprint density at radius 3 is 2.30 bits per heavy atom. The number of hydrogen-bond donors (Lipinski definition) is 1. The second kappa shape index (κ2) is 7.99. The van der Waals surface area contributed by atoms with Crippen LogP contribution in [-0.2, 0) is 19.4 Å². The van der Waals surface area contributed by atoms with Crippen LogP contribution in [0.4, 0.5) is 4.39 Å². The summed E-state index contributed by atoms with van der Waals surface area (Å²) in [5.41, 5.74) is 4.14. The molecule has 4 aromatic carbocycles. The smallest absolute Gasteiger partial charge is 0.129 e. The van der Waals surface area contributed by atoms with E-state index in [4.69, 9.17) is 9.72 Å². The number of H-pyrrole nitrogens is 1. The third-order valence-corrected chi connectivity index (χ3v) is 5.30. The summed E-state index contributed by atoms with van der Waals surface area (Å²) in [4.78, 5) is 8.29. The molecule has 4 heteroatoms. The molecule has 0 amide bonds. The van der Waals surface area contributed by atoms with Gasteiger partial charge >= 0.3 is 0 Å². The molecular formula is C26H21FN2O. The van der Waals surface area contributed by atoms with Gasteiger partial charge in [0.2, 0.25) is 0 Å². The largest absolute Gasteiger partial charge is 0.488 e. The number of ether oxygens (including phenoxy) is 1. The molecule has 0 aliphatic rings. The van der Waals surface area contributed by atoms with Crippen molar-refractivity contribution in [2.75, 3.05) is 0 Å². The summed E-state index contributed by atoms with van der Waals surface area (Å²) in [7, 11) is 0. The molecule has 0 spiro atoms. The SMILES string of the molecule is Fc1ccc(CCc2nc3c(cc(OCc4ccccc4)c4ccccc43)[nH]2)cc1. The van der Waals surface area contributed by atoms with E-state index in [0.717, 1.165) is 57.3 Å². The van der Waals surface area contributed by atoms with Crippen molar-refractivity contribution in [3.8, 4) is 5.75 Å². The Kier molecular flexibility index (Phi) is 4.89. The fourth-order valence-corrected chi connectivity index (χ4v) is 3.75. The second-order valence-electron chi connectivity index (χ2n) is 7.40. The predicted molar refractivity (Wildman–Crippen MR) is 118 cm³/mol. The number of aromatic amines is 1. The van der Waals surface area contributed by atoms with Crippen LogP contribution >= 0.6 is 0 Å². The van der Waals surface area contributed by atoms with Gasteiger partial charge in [0.1, 0.15) is 24.0 Å². The highest BCUT2D eigenvalue weighted by atomic mass is 19.1. The number of nitrogens with zero attached hydrogens (tertiary/aromatic N) is 1. The molecule has 5 aromatic rings. The molecule has 0 unspecified atom stereocenters. The van der Waals surface area contributed by atoms with Crippen molar-refractivity contribution in [1.29, 1.82) is 0 Å². The molecule has 3 nitrogen and oxygen atoms in total. The van der Waals surface area contributed by atoms with E-state index < -0.39 is 0 Å². The lowest BCUT2D eigenvalue weighted by Crippen LogP contribution is -1.96. The molecule has 148 valence electrons. The maximum Gasteiger partial charge on any atom is 0.129 e. The Morgan fingerprint density at radius 2 is 1.50 bits per heavy atom. The van der Waals surface area contributed by atoms with Crippen molar-refractivity contribution < 1.29 is 9.13 Å². The summed E-state index contributed by atoms with van der Waals surface area (Å²) in [6, 6.07) is 27.0. The molecule has 0 saturated heterocycles. The standard InChI is InChI=1S/C26H21FN2O/c27-20-13-10-18(11-14-20)12-15-25-28-23-16-24(30-17-19-6-2-1-3-7-19)21-8-4-5-9-22(21)26(23)29-25/h1-11,13-14,16H,12,15,17H2,(H,28,29). The van der Waals surface area contributed by atoms with Gasteiger partial charge in [0.25, 0.3) is 0 Å². The molecular weight excluding hydrogens is 375 g/mol. The summed E-state index contributed by atoms with van der Waals surface area (Å²) < 4.78 is 19.3. The number of nitrogens with one attached hydrogen (secondary N) is 1. The molecule has 0 aliphatic carbocycles. The van der Waals surface area contributed by atoms with Crippen LogP contribution in [0.3, 0.4) is 0 Å². The Hall–Kier alpha value is -3.66. The van der Waals surface area contributed by atoms with Gasteiger partial charge in [-0.15, -0.1) is 0 Å². The van der Waals surface area contributed by atoms with Gasteiger partial charge in [0.15, 0.2) is 0 Å². The minimum Gasteiger partial charge on any atom is -0.488 e. The maximum absolute atomic E-state index is 13.1. The van der Waals surface area contributed by atoms with E-state index in [1.807, 2.05) is 48.5 Å². The molecule has 5 rings (SSSR count). The van der Waals surface area contributed by atoms with Gasteiger partial charge in [0, 0.05) is 23.3 Å². The van der Waals surface area contributed by atoms with Crippen LogP contribution in [0.2, 0.25) is 0 Å². The molecule has 0 atom stereocenters. The topological polar surface area (TPSA) is 37.9 Å². The number of halogens is 1. The van der Waals surface area contributed by atoms with Crippen molar-refractivity contribution in [3.63, 3.8) is 0 Å². The van der Waals surface area contributed by atoms with Gasteiger partial charge in [-0.3, -0.25) is 0 Å². The zero-order chi connectivity index (χ0) is 20.3. The Labute approximate surface area is 174 Å². The van der Waals surface area contributed by atoms with Crippen LogP contribution in [0, 0.1) is 5.82 Å². The van der Waals surface area contributed by atoms with Gasteiger partial charge in [-0.2, -0.15) is 0 Å². The molecule has 0 bridgehead atoms. The number of aromatic nitrogens is 2. The number of benzene rings is 4. The van der Waals surface area contributed by atoms with E-state index in [9.17, 15) is 4.39 Å². The predicted octanol–water partition coefficient (Wildman–Crippen LogP) is 6.22. The normalized spacial score (nSPS) is 11.2. The van der Waals surface area contributed by atoms with Crippen LogP contribution in [-0.4, -0.2) is 9.97 Å². The zero-order valence-electron chi connectivity index (χ0n) is 16.4. The molecule has 0 radical (unpaired) electrons. The molecule has 0 aliphatic heterocycles. The zero-order valence-corrected chi connectivity index (χ0v) is 16.4. The van der Waals surface area contributed by atoms with Gasteiger partial charge in [-0.25, -0.2) is 9.37 Å². The second-order valence-corrected chi connectivity index (χ2v) is 7.40. The average molecular weight is 396 g/mol. The van der Waals surface area contributed by atoms with Gasteiger partial charge < -0.3 is 9.72 Å². The van der Waals surface area contributed by atoms with E-state index in [2.05, 4.69) is 29.2 Å². The first kappa shape index (κ1) is 18.4. The molecule has 30 heavy (non-hydrogen) atoms. The van der Waals surface area contributed by atoms with Crippen LogP contribution in [0.5, 0.6) is 5.75 Å². The van der Waals surface area contributed by atoms with Gasteiger partial charge in [0.05, 0.1) is 11.0 Å². The Morgan fingerprint density at radius 1 is 0.767 bits per heavy atom. The summed E-state index contributed by atoms with van der Waals surface area (Å²) >= 11 is 0. The molecule has 1 N–H and O–H groups in total. The quantitative estimate of drug-likeness (QED) is 0.370. The molecule has 1 aromatic heterocycles. The highest BCUT2D eigenvalue weighted by molar-refractivity contribution is 6.07. The number of fused-ring (bicyclic) bond motifs is 3. The minimum atomic E-state index is -0.211. The first-order chi connectivity index (χ1) is 14.8. The lowest BCUT2D eigenvalue weighted by molar-refractivity contribution is 0.310. The Bertz CT molecular complexity index is 1290. The molecule has 0 saturated carbocycles. The summed E-state index contributed by atoms with van der Waals surface area (Å²) in [6.45, 7) is 0.516. The highest BCUT2D eigenvalue weighted by Crippen LogP contribution is 2.33. The first-order valence-corrected chi connectivity index (χ1v) is 10.1. The number of hydrogen-bond acceptors (Lipinski definition) is 2. The third kappa shape index (κ3) is 3.77. The number of aryl methyl sites for hydroxylation is 2. The third-order valence-electron chi connectivity index (χ3n) is 5.30. The lowest BCUT2D eigenvalue weighted by atomic mass is 10.1. The first-order valence-electron chi connectivity index (χ1n) is 10.1. The number of rotatable bonds is 6. The van der Waals surface area contributed by atoms with Crippen LogP contribution in [0.15, 0.2) is 84.9 Å². The van der Waals surface area contributed by atoms with Crippen molar-refractivity contribution in [1.82, 2.24) is 9.97 Å². The number of imidazole rings is 1. The van der Waals surface area contributed by atoms with E-state index in [0.29, 0.717) is 6.61 Å². The van der Waals surface area contributed by atoms with E-state index in [-0.39, 0.29) is 5.82 Å². The van der Waals surface area contributed by atoms with Crippen LogP contribution < -0.4 is 4.74 Å². The average Bonchev–Trinajstić information content (AvgIpc) is 3.21. The van der Waals surface area contributed by atoms with Crippen molar-refractivity contribution in [2.24, 2.45) is 0 Å². The summed E-state index contributed by atoms with van der Waals surface area (Å²) in [5.74, 6) is 1.55. The highest BCUT2D eigenvalue weighted by Gasteiger charge is 2.12. The lowest BCUT2D eigenvalue weighted by Gasteiger charge is -2.10. The van der Waals surface area contributed by atoms with Crippen molar-refractivity contribution in [3.05, 3.63) is 108 Å². The summed E-state index contributed by atoms with van der Waals surface area (Å²) in [5, 5.41) is 2.12. The molecule has 1 heterocycles. The van der Waals surface area contributed by atoms with Crippen LogP contribution in [0.25, 0.3) is 21.8 Å². The minimum absolute atomic E-state index is 0.211. The van der Waals surface area contributed by atoms with E-state index >= 15 is 0 Å². The van der Waals surface area contributed by atoms with E-state index in [1.165, 1.54) is 12.1 Å². The summed E-state index contributed by atoms with van der Waals surface area (Å²) in [6.07, 6.45) is 1.56. The fraction of sp³-hybridized carbons (Fsp3) is 0.115. The fourth-order valence-electron chi connectivity index (χ4n) is 3.75. The Balaban J connectivity index is 1.45. The van der Waals surface area contributed by atoms with Crippen molar-refractivity contribution in [2.45, 2.75) is 19.4 Å². The van der Waals surface area contributed by atoms with Crippen molar-refractivity contribution >= 4 is 21.8 Å². The molecule has 0 fully saturated rings. The maximum atomic E-state index is 13.1.